The third-order valence-electron chi connectivity index (χ3n) is 6.94. The average molecular weight is 618 g/mol. The second-order valence-electron chi connectivity index (χ2n) is 10.3. The summed E-state index contributed by atoms with van der Waals surface area (Å²) in [4.78, 5) is 28.8. The number of anilines is 1. The first-order valence-electron chi connectivity index (χ1n) is 14.2. The van der Waals surface area contributed by atoms with E-state index in [0.29, 0.717) is 24.5 Å². The van der Waals surface area contributed by atoms with E-state index in [9.17, 15) is 22.4 Å². The standard InChI is InChI=1S/C34H36FN3O5S/c1-3-36-34(40)32(22-26-10-6-4-7-11-26)37(23-27-14-16-29(35)17-15-27)33(39)24-38(44(2,41)42)30-18-20-31(21-19-30)43-25-28-12-8-5-9-13-28/h4-21,32H,3,22-25H2,1-2H3,(H,36,40). The number of halogens is 1. The van der Waals surface area contributed by atoms with Crippen LogP contribution in [0.5, 0.6) is 5.75 Å². The fourth-order valence-corrected chi connectivity index (χ4v) is 5.55. The van der Waals surface area contributed by atoms with Gasteiger partial charge in [0.2, 0.25) is 21.8 Å². The Balaban J connectivity index is 1.62. The first kappa shape index (κ1) is 32.2. The number of nitrogens with one attached hydrogen (secondary N) is 1. The molecule has 4 aromatic rings. The monoisotopic (exact) mass is 617 g/mol. The predicted molar refractivity (Wildman–Crippen MR) is 169 cm³/mol. The van der Waals surface area contributed by atoms with Gasteiger partial charge in [0.15, 0.2) is 0 Å². The van der Waals surface area contributed by atoms with Gasteiger partial charge in [-0.3, -0.25) is 13.9 Å². The van der Waals surface area contributed by atoms with E-state index in [2.05, 4.69) is 5.32 Å². The van der Waals surface area contributed by atoms with Crippen LogP contribution in [0, 0.1) is 5.82 Å². The summed E-state index contributed by atoms with van der Waals surface area (Å²) in [7, 11) is -3.91. The highest BCUT2D eigenvalue weighted by molar-refractivity contribution is 7.92. The minimum Gasteiger partial charge on any atom is -0.489 e. The summed E-state index contributed by atoms with van der Waals surface area (Å²) in [5.41, 5.74) is 2.67. The van der Waals surface area contributed by atoms with Gasteiger partial charge in [-0.05, 0) is 60.0 Å². The third kappa shape index (κ3) is 9.15. The van der Waals surface area contributed by atoms with Crippen LogP contribution in [0.4, 0.5) is 10.1 Å². The summed E-state index contributed by atoms with van der Waals surface area (Å²) in [5, 5.41) is 2.80. The highest BCUT2D eigenvalue weighted by Gasteiger charge is 2.32. The van der Waals surface area contributed by atoms with Crippen LogP contribution in [0.1, 0.15) is 23.6 Å². The van der Waals surface area contributed by atoms with Gasteiger partial charge in [-0.15, -0.1) is 0 Å². The molecule has 0 bridgehead atoms. The zero-order valence-electron chi connectivity index (χ0n) is 24.7. The molecule has 0 fully saturated rings. The van der Waals surface area contributed by atoms with Crippen LogP contribution in [0.15, 0.2) is 109 Å². The number of ether oxygens (including phenoxy) is 1. The number of hydrogen-bond donors (Lipinski definition) is 1. The molecule has 230 valence electrons. The molecule has 0 aliphatic heterocycles. The van der Waals surface area contributed by atoms with Crippen molar-refractivity contribution < 1.29 is 27.1 Å². The summed E-state index contributed by atoms with van der Waals surface area (Å²) < 4.78 is 46.5. The number of rotatable bonds is 14. The van der Waals surface area contributed by atoms with E-state index in [0.717, 1.165) is 21.7 Å². The van der Waals surface area contributed by atoms with Crippen LogP contribution in [-0.4, -0.2) is 50.5 Å². The number of amides is 2. The van der Waals surface area contributed by atoms with Gasteiger partial charge in [0.1, 0.15) is 30.8 Å². The molecule has 2 amide bonds. The van der Waals surface area contributed by atoms with Crippen LogP contribution in [0.2, 0.25) is 0 Å². The Morgan fingerprint density at radius 1 is 0.818 bits per heavy atom. The molecule has 0 spiro atoms. The molecule has 8 nitrogen and oxygen atoms in total. The van der Waals surface area contributed by atoms with Crippen molar-refractivity contribution in [1.82, 2.24) is 10.2 Å². The molecule has 0 radical (unpaired) electrons. The number of benzene rings is 4. The van der Waals surface area contributed by atoms with Crippen molar-refractivity contribution in [3.8, 4) is 5.75 Å². The Hall–Kier alpha value is -4.70. The van der Waals surface area contributed by atoms with Crippen LogP contribution < -0.4 is 14.4 Å². The van der Waals surface area contributed by atoms with E-state index in [1.165, 1.54) is 29.2 Å². The van der Waals surface area contributed by atoms with E-state index < -0.39 is 34.3 Å². The quantitative estimate of drug-likeness (QED) is 0.216. The number of nitrogens with zero attached hydrogens (tertiary/aromatic N) is 2. The summed E-state index contributed by atoms with van der Waals surface area (Å²) in [5.74, 6) is -0.862. The first-order valence-corrected chi connectivity index (χ1v) is 16.1. The van der Waals surface area contributed by atoms with Crippen molar-refractivity contribution in [1.29, 1.82) is 0 Å². The Kier molecular flexibility index (Phi) is 11.1. The zero-order chi connectivity index (χ0) is 31.5. The molecule has 44 heavy (non-hydrogen) atoms. The maximum Gasteiger partial charge on any atom is 0.244 e. The molecule has 10 heteroatoms. The van der Waals surface area contributed by atoms with Crippen molar-refractivity contribution in [2.45, 2.75) is 32.5 Å². The average Bonchev–Trinajstić information content (AvgIpc) is 3.02. The highest BCUT2D eigenvalue weighted by Crippen LogP contribution is 2.24. The van der Waals surface area contributed by atoms with Crippen molar-refractivity contribution >= 4 is 27.5 Å². The lowest BCUT2D eigenvalue weighted by Gasteiger charge is -2.33. The highest BCUT2D eigenvalue weighted by atomic mass is 32.2. The van der Waals surface area contributed by atoms with Crippen molar-refractivity contribution in [2.75, 3.05) is 23.7 Å². The maximum atomic E-state index is 14.1. The molecule has 0 saturated carbocycles. The molecule has 4 aromatic carbocycles. The molecule has 4 rings (SSSR count). The lowest BCUT2D eigenvalue weighted by atomic mass is 10.0. The molecule has 0 aliphatic rings. The fourth-order valence-electron chi connectivity index (χ4n) is 4.70. The van der Waals surface area contributed by atoms with Crippen molar-refractivity contribution in [3.63, 3.8) is 0 Å². The molecule has 1 unspecified atom stereocenters. The smallest absolute Gasteiger partial charge is 0.244 e. The Bertz CT molecular complexity index is 1620. The summed E-state index contributed by atoms with van der Waals surface area (Å²) in [6.07, 6.45) is 1.22. The van der Waals surface area contributed by atoms with Crippen molar-refractivity contribution in [2.24, 2.45) is 0 Å². The first-order chi connectivity index (χ1) is 21.1. The van der Waals surface area contributed by atoms with Crippen LogP contribution in [0.3, 0.4) is 0 Å². The lowest BCUT2D eigenvalue weighted by molar-refractivity contribution is -0.140. The molecular formula is C34H36FN3O5S. The molecule has 0 heterocycles. The number of carbonyl (C=O) groups excluding carboxylic acids is 2. The van der Waals surface area contributed by atoms with Crippen LogP contribution >= 0.6 is 0 Å². The van der Waals surface area contributed by atoms with Gasteiger partial charge < -0.3 is 15.0 Å². The van der Waals surface area contributed by atoms with Gasteiger partial charge in [-0.1, -0.05) is 72.8 Å². The van der Waals surface area contributed by atoms with Gasteiger partial charge in [0.25, 0.3) is 0 Å². The van der Waals surface area contributed by atoms with E-state index >= 15 is 0 Å². The van der Waals surface area contributed by atoms with E-state index in [1.54, 1.807) is 31.2 Å². The summed E-state index contributed by atoms with van der Waals surface area (Å²) >= 11 is 0. The van der Waals surface area contributed by atoms with E-state index in [1.807, 2.05) is 60.7 Å². The van der Waals surface area contributed by atoms with Crippen LogP contribution in [0.25, 0.3) is 0 Å². The second kappa shape index (κ2) is 15.2. The SMILES string of the molecule is CCNC(=O)C(Cc1ccccc1)N(Cc1ccc(F)cc1)C(=O)CN(c1ccc(OCc2ccccc2)cc1)S(C)(=O)=O. The topological polar surface area (TPSA) is 96.0 Å². The molecule has 1 atom stereocenters. The fraction of sp³-hybridized carbons (Fsp3) is 0.235. The largest absolute Gasteiger partial charge is 0.489 e. The van der Waals surface area contributed by atoms with Crippen LogP contribution in [-0.2, 0) is 39.2 Å². The summed E-state index contributed by atoms with van der Waals surface area (Å²) in [6.45, 7) is 1.89. The zero-order valence-corrected chi connectivity index (χ0v) is 25.5. The van der Waals surface area contributed by atoms with Gasteiger partial charge in [0.05, 0.1) is 11.9 Å². The number of hydrogen-bond acceptors (Lipinski definition) is 5. The lowest BCUT2D eigenvalue weighted by Crippen LogP contribution is -2.53. The number of sulfonamides is 1. The number of carbonyl (C=O) groups is 2. The minimum absolute atomic E-state index is 0.0301. The molecule has 0 saturated heterocycles. The minimum atomic E-state index is -3.91. The Morgan fingerprint density at radius 2 is 1.41 bits per heavy atom. The van der Waals surface area contributed by atoms with Crippen molar-refractivity contribution in [3.05, 3.63) is 132 Å². The third-order valence-corrected chi connectivity index (χ3v) is 8.08. The van der Waals surface area contributed by atoms with E-state index in [4.69, 9.17) is 4.74 Å². The van der Waals surface area contributed by atoms with E-state index in [-0.39, 0.29) is 24.6 Å². The van der Waals surface area contributed by atoms with Gasteiger partial charge >= 0.3 is 0 Å². The van der Waals surface area contributed by atoms with Gasteiger partial charge in [-0.2, -0.15) is 0 Å². The molecule has 0 aromatic heterocycles. The summed E-state index contributed by atoms with van der Waals surface area (Å²) in [6, 6.07) is 30.0. The normalized spacial score (nSPS) is 11.8. The predicted octanol–water partition coefficient (Wildman–Crippen LogP) is 4.95. The number of likely N-dealkylation sites (N-methyl/N-ethyl adjacent to an activating group) is 1. The molecular weight excluding hydrogens is 581 g/mol. The second-order valence-corrected chi connectivity index (χ2v) is 12.2. The Labute approximate surface area is 258 Å². The molecule has 1 N–H and O–H groups in total. The molecule has 0 aliphatic carbocycles. The van der Waals surface area contributed by atoms with Gasteiger partial charge in [-0.25, -0.2) is 12.8 Å². The Morgan fingerprint density at radius 3 is 1.98 bits per heavy atom. The van der Waals surface area contributed by atoms with Gasteiger partial charge in [0, 0.05) is 19.5 Å². The maximum absolute atomic E-state index is 14.1.